The van der Waals surface area contributed by atoms with E-state index in [4.69, 9.17) is 9.72 Å². The number of rotatable bonds is 2. The summed E-state index contributed by atoms with van der Waals surface area (Å²) >= 11 is 0. The smallest absolute Gasteiger partial charge is 0.261 e. The predicted octanol–water partition coefficient (Wildman–Crippen LogP) is 1.28. The third kappa shape index (κ3) is 3.10. The minimum Gasteiger partial charge on any atom is -0.381 e. The number of nitrogens with one attached hydrogen (secondary N) is 1. The zero-order valence-electron chi connectivity index (χ0n) is 14.8. The fourth-order valence-corrected chi connectivity index (χ4v) is 4.20. The summed E-state index contributed by atoms with van der Waals surface area (Å²) < 4.78 is 7.33. The zero-order valence-corrected chi connectivity index (χ0v) is 14.8. The summed E-state index contributed by atoms with van der Waals surface area (Å²) in [6.45, 7) is 5.34. The molecule has 134 valence electrons. The van der Waals surface area contributed by atoms with Crippen molar-refractivity contribution in [1.82, 2.24) is 19.8 Å². The molecule has 0 amide bonds. The maximum atomic E-state index is 12.7. The third-order valence-corrected chi connectivity index (χ3v) is 5.83. The van der Waals surface area contributed by atoms with E-state index in [0.29, 0.717) is 11.9 Å². The van der Waals surface area contributed by atoms with Gasteiger partial charge in [0.15, 0.2) is 0 Å². The van der Waals surface area contributed by atoms with Crippen LogP contribution in [-0.2, 0) is 18.3 Å². The summed E-state index contributed by atoms with van der Waals surface area (Å²) in [4.78, 5) is 20.0. The number of para-hydroxylation sites is 1. The molecule has 4 rings (SSSR count). The molecule has 2 aromatic rings. The Labute approximate surface area is 147 Å². The van der Waals surface area contributed by atoms with Gasteiger partial charge in [-0.25, -0.2) is 4.98 Å². The quantitative estimate of drug-likeness (QED) is 0.891. The SMILES string of the molecule is Cn1c(CN2CCNCCC23CCOCC3)nc2ccccc2c1=O. The average molecular weight is 342 g/mol. The van der Waals surface area contributed by atoms with Crippen molar-refractivity contribution in [3.8, 4) is 0 Å². The van der Waals surface area contributed by atoms with Crippen LogP contribution in [0.2, 0.25) is 0 Å². The monoisotopic (exact) mass is 342 g/mol. The fourth-order valence-electron chi connectivity index (χ4n) is 4.20. The molecule has 0 saturated carbocycles. The van der Waals surface area contributed by atoms with E-state index < -0.39 is 0 Å². The van der Waals surface area contributed by atoms with Gasteiger partial charge in [-0.2, -0.15) is 0 Å². The molecule has 0 radical (unpaired) electrons. The van der Waals surface area contributed by atoms with Gasteiger partial charge >= 0.3 is 0 Å². The highest BCUT2D eigenvalue weighted by molar-refractivity contribution is 5.77. The van der Waals surface area contributed by atoms with Gasteiger partial charge in [0, 0.05) is 38.9 Å². The van der Waals surface area contributed by atoms with Crippen LogP contribution in [0.4, 0.5) is 0 Å². The fraction of sp³-hybridized carbons (Fsp3) is 0.579. The summed E-state index contributed by atoms with van der Waals surface area (Å²) in [5.41, 5.74) is 0.981. The molecule has 1 aromatic heterocycles. The van der Waals surface area contributed by atoms with E-state index in [2.05, 4.69) is 10.2 Å². The van der Waals surface area contributed by atoms with Crippen LogP contribution in [0.1, 0.15) is 25.1 Å². The molecule has 6 heteroatoms. The second-order valence-corrected chi connectivity index (χ2v) is 7.17. The Morgan fingerprint density at radius 3 is 2.84 bits per heavy atom. The van der Waals surface area contributed by atoms with Crippen LogP contribution < -0.4 is 10.9 Å². The summed E-state index contributed by atoms with van der Waals surface area (Å²) in [6.07, 6.45) is 3.23. The van der Waals surface area contributed by atoms with Crippen molar-refractivity contribution in [2.75, 3.05) is 32.8 Å². The standard InChI is InChI=1S/C19H26N4O2/c1-22-17(21-16-5-3-2-4-15(16)18(22)24)14-23-11-10-20-9-6-19(23)7-12-25-13-8-19/h2-5,20H,6-14H2,1H3. The molecular formula is C19H26N4O2. The molecule has 0 bridgehead atoms. The minimum absolute atomic E-state index is 0.0366. The molecule has 25 heavy (non-hydrogen) atoms. The van der Waals surface area contributed by atoms with Gasteiger partial charge in [0.25, 0.3) is 5.56 Å². The van der Waals surface area contributed by atoms with Crippen molar-refractivity contribution in [3.05, 3.63) is 40.4 Å². The van der Waals surface area contributed by atoms with Crippen LogP contribution in [0.5, 0.6) is 0 Å². The molecule has 0 atom stereocenters. The van der Waals surface area contributed by atoms with Gasteiger partial charge in [-0.1, -0.05) is 12.1 Å². The van der Waals surface area contributed by atoms with Crippen molar-refractivity contribution in [2.45, 2.75) is 31.3 Å². The molecule has 6 nitrogen and oxygen atoms in total. The van der Waals surface area contributed by atoms with Crippen molar-refractivity contribution in [2.24, 2.45) is 7.05 Å². The first kappa shape index (κ1) is 16.7. The zero-order chi connectivity index (χ0) is 17.3. The number of hydrogen-bond donors (Lipinski definition) is 1. The van der Waals surface area contributed by atoms with Crippen molar-refractivity contribution in [1.29, 1.82) is 0 Å². The van der Waals surface area contributed by atoms with Crippen LogP contribution in [0.3, 0.4) is 0 Å². The second kappa shape index (κ2) is 6.86. The lowest BCUT2D eigenvalue weighted by Gasteiger charge is -2.45. The van der Waals surface area contributed by atoms with E-state index >= 15 is 0 Å². The molecule has 2 fully saturated rings. The first-order valence-corrected chi connectivity index (χ1v) is 9.18. The van der Waals surface area contributed by atoms with Crippen LogP contribution in [-0.4, -0.2) is 52.8 Å². The maximum absolute atomic E-state index is 12.7. The van der Waals surface area contributed by atoms with Crippen LogP contribution >= 0.6 is 0 Å². The lowest BCUT2D eigenvalue weighted by molar-refractivity contribution is -0.0321. The molecule has 1 aromatic carbocycles. The first-order chi connectivity index (χ1) is 12.2. The maximum Gasteiger partial charge on any atom is 0.261 e. The Morgan fingerprint density at radius 2 is 2.00 bits per heavy atom. The topological polar surface area (TPSA) is 59.4 Å². The number of fused-ring (bicyclic) bond motifs is 1. The molecule has 2 saturated heterocycles. The van der Waals surface area contributed by atoms with Crippen LogP contribution in [0.15, 0.2) is 29.1 Å². The normalized spacial score (nSPS) is 21.5. The summed E-state index contributed by atoms with van der Waals surface area (Å²) in [7, 11) is 1.84. The molecule has 0 aliphatic carbocycles. The van der Waals surface area contributed by atoms with Gasteiger partial charge in [0.1, 0.15) is 5.82 Å². The van der Waals surface area contributed by atoms with E-state index in [0.717, 1.165) is 63.5 Å². The van der Waals surface area contributed by atoms with Gasteiger partial charge in [0.05, 0.1) is 17.4 Å². The Balaban J connectivity index is 1.71. The van der Waals surface area contributed by atoms with Crippen molar-refractivity contribution >= 4 is 10.9 Å². The number of ether oxygens (including phenoxy) is 1. The number of nitrogens with zero attached hydrogens (tertiary/aromatic N) is 3. The molecular weight excluding hydrogens is 316 g/mol. The number of aromatic nitrogens is 2. The van der Waals surface area contributed by atoms with E-state index in [1.54, 1.807) is 4.57 Å². The Hall–Kier alpha value is -1.76. The highest BCUT2D eigenvalue weighted by Gasteiger charge is 2.39. The molecule has 2 aliphatic rings. The summed E-state index contributed by atoms with van der Waals surface area (Å²) in [5.74, 6) is 0.844. The van der Waals surface area contributed by atoms with Crippen LogP contribution in [0, 0.1) is 0 Å². The molecule has 3 heterocycles. The van der Waals surface area contributed by atoms with Gasteiger partial charge in [-0.05, 0) is 37.9 Å². The molecule has 0 unspecified atom stereocenters. The highest BCUT2D eigenvalue weighted by atomic mass is 16.5. The van der Waals surface area contributed by atoms with Gasteiger partial charge in [-0.3, -0.25) is 14.3 Å². The largest absolute Gasteiger partial charge is 0.381 e. The summed E-state index contributed by atoms with van der Waals surface area (Å²) in [6, 6.07) is 7.61. The van der Waals surface area contributed by atoms with Gasteiger partial charge < -0.3 is 10.1 Å². The van der Waals surface area contributed by atoms with Gasteiger partial charge in [0.2, 0.25) is 0 Å². The Kier molecular flexibility index (Phi) is 4.58. The van der Waals surface area contributed by atoms with Crippen molar-refractivity contribution in [3.63, 3.8) is 0 Å². The van der Waals surface area contributed by atoms with E-state index in [-0.39, 0.29) is 11.1 Å². The lowest BCUT2D eigenvalue weighted by Crippen LogP contribution is -2.52. The first-order valence-electron chi connectivity index (χ1n) is 9.18. The Morgan fingerprint density at radius 1 is 1.20 bits per heavy atom. The van der Waals surface area contributed by atoms with Crippen molar-refractivity contribution < 1.29 is 4.74 Å². The van der Waals surface area contributed by atoms with Crippen LogP contribution in [0.25, 0.3) is 10.9 Å². The number of benzene rings is 1. The predicted molar refractivity (Wildman–Crippen MR) is 97.7 cm³/mol. The lowest BCUT2D eigenvalue weighted by atomic mass is 9.85. The summed E-state index contributed by atoms with van der Waals surface area (Å²) in [5, 5.41) is 4.21. The molecule has 1 N–H and O–H groups in total. The highest BCUT2D eigenvalue weighted by Crippen LogP contribution is 2.33. The van der Waals surface area contributed by atoms with Gasteiger partial charge in [-0.15, -0.1) is 0 Å². The second-order valence-electron chi connectivity index (χ2n) is 7.17. The molecule has 1 spiro atoms. The minimum atomic E-state index is 0.0366. The molecule has 2 aliphatic heterocycles. The third-order valence-electron chi connectivity index (χ3n) is 5.83. The van der Waals surface area contributed by atoms with E-state index in [1.807, 2.05) is 31.3 Å². The van der Waals surface area contributed by atoms with E-state index in [1.165, 1.54) is 0 Å². The Bertz CT molecular complexity index is 811. The number of hydrogen-bond acceptors (Lipinski definition) is 5. The van der Waals surface area contributed by atoms with E-state index in [9.17, 15) is 4.79 Å². The average Bonchev–Trinajstić information content (AvgIpc) is 2.83.